The second-order valence-corrected chi connectivity index (χ2v) is 8.03. The van der Waals surface area contributed by atoms with Crippen molar-refractivity contribution in [3.8, 4) is 17.3 Å². The van der Waals surface area contributed by atoms with Crippen LogP contribution in [0.3, 0.4) is 0 Å². The predicted octanol–water partition coefficient (Wildman–Crippen LogP) is 3.56. The topological polar surface area (TPSA) is 138 Å². The Morgan fingerprint density at radius 3 is 2.43 bits per heavy atom. The molecule has 2 aromatic carbocycles. The van der Waals surface area contributed by atoms with Crippen LogP contribution in [0.1, 0.15) is 26.3 Å². The number of rotatable bonds is 2. The van der Waals surface area contributed by atoms with Crippen molar-refractivity contribution in [3.05, 3.63) is 57.6 Å². The lowest BCUT2D eigenvalue weighted by Gasteiger charge is -2.04. The summed E-state index contributed by atoms with van der Waals surface area (Å²) in [6.07, 6.45) is 0. The molecular weight excluding hydrogens is 468 g/mol. The number of hydrogen-bond acceptors (Lipinski definition) is 8. The summed E-state index contributed by atoms with van der Waals surface area (Å²) in [6.45, 7) is 0. The number of anilines is 3. The Balaban J connectivity index is 0.000000172. The molecule has 0 unspecified atom stereocenters. The summed E-state index contributed by atoms with van der Waals surface area (Å²) in [7, 11) is 3.23. The third-order valence-electron chi connectivity index (χ3n) is 4.39. The van der Waals surface area contributed by atoms with Crippen LogP contribution in [0.4, 0.5) is 15.8 Å². The molecule has 8 nitrogen and oxygen atoms in total. The maximum absolute atomic E-state index is 11.7. The second-order valence-electron chi connectivity index (χ2n) is 6.20. The van der Waals surface area contributed by atoms with Crippen molar-refractivity contribution in [2.75, 3.05) is 30.9 Å². The predicted molar refractivity (Wildman–Crippen MR) is 121 cm³/mol. The minimum Gasteiger partial charge on any atom is -0.397 e. The van der Waals surface area contributed by atoms with Gasteiger partial charge in [-0.05, 0) is 22.0 Å². The molecule has 0 radical (unpaired) electrons. The quantitative estimate of drug-likeness (QED) is 0.373. The number of nitriles is 1. The smallest absolute Gasteiger partial charge is 0.262 e. The molecule has 152 valence electrons. The highest BCUT2D eigenvalue weighted by Crippen LogP contribution is 2.35. The molecule has 0 bridgehead atoms. The number of amides is 2. The molecule has 0 atom stereocenters. The van der Waals surface area contributed by atoms with Gasteiger partial charge in [0.2, 0.25) is 0 Å². The number of nitrogen functional groups attached to an aromatic ring is 2. The Hall–Kier alpha value is -3.42. The lowest BCUT2D eigenvalue weighted by molar-refractivity contribution is 0.0693. The third kappa shape index (κ3) is 3.72. The number of thiazole rings is 1. The highest BCUT2D eigenvalue weighted by molar-refractivity contribution is 9.10. The first-order valence-corrected chi connectivity index (χ1v) is 10.2. The minimum atomic E-state index is -0.419. The van der Waals surface area contributed by atoms with E-state index in [1.54, 1.807) is 0 Å². The summed E-state index contributed by atoms with van der Waals surface area (Å²) in [5.41, 5.74) is 14.3. The van der Waals surface area contributed by atoms with Crippen molar-refractivity contribution in [2.45, 2.75) is 0 Å². The van der Waals surface area contributed by atoms with Crippen LogP contribution in [-0.4, -0.2) is 35.8 Å². The molecule has 0 aliphatic carbocycles. The SMILES string of the molecule is CN1C(=O)c2cc(C#N)c(N)c(Br)c2C1=O.CNc1nc(-c2ccccc2)c(N)s1. The van der Waals surface area contributed by atoms with Crippen LogP contribution in [0, 0.1) is 11.3 Å². The number of nitrogens with zero attached hydrogens (tertiary/aromatic N) is 3. The molecule has 30 heavy (non-hydrogen) atoms. The van der Waals surface area contributed by atoms with Gasteiger partial charge in [0.25, 0.3) is 11.8 Å². The average Bonchev–Trinajstić information content (AvgIpc) is 3.24. The molecule has 2 heterocycles. The molecule has 0 saturated heterocycles. The van der Waals surface area contributed by atoms with Gasteiger partial charge in [0.15, 0.2) is 5.13 Å². The Morgan fingerprint density at radius 1 is 1.20 bits per heavy atom. The van der Waals surface area contributed by atoms with Gasteiger partial charge in [-0.2, -0.15) is 5.26 Å². The van der Waals surface area contributed by atoms with E-state index in [-0.39, 0.29) is 22.4 Å². The maximum Gasteiger partial charge on any atom is 0.262 e. The molecule has 1 aromatic heterocycles. The summed E-state index contributed by atoms with van der Waals surface area (Å²) in [5, 5.41) is 13.4. The second kappa shape index (κ2) is 8.52. The van der Waals surface area contributed by atoms with E-state index in [4.69, 9.17) is 16.7 Å². The Kier molecular flexibility index (Phi) is 6.05. The standard InChI is InChI=1S/C10H6BrN3O2.C10H11N3S/c1-14-9(15)5-2-4(3-12)8(13)7(11)6(5)10(14)16;1-12-10-13-8(9(11)14-10)7-5-3-2-4-6-7/h2H,13H2,1H3;2-6H,11H2,1H3,(H,12,13). The maximum atomic E-state index is 11.7. The normalized spacial score (nSPS) is 12.1. The van der Waals surface area contributed by atoms with E-state index in [1.165, 1.54) is 24.5 Å². The number of fused-ring (bicyclic) bond motifs is 1. The Bertz CT molecular complexity index is 1190. The fourth-order valence-corrected chi connectivity index (χ4v) is 4.12. The van der Waals surface area contributed by atoms with Crippen LogP contribution < -0.4 is 16.8 Å². The summed E-state index contributed by atoms with van der Waals surface area (Å²) in [5.74, 6) is -0.833. The number of nitrogens with two attached hydrogens (primary N) is 2. The van der Waals surface area contributed by atoms with Crippen LogP contribution in [0.5, 0.6) is 0 Å². The average molecular weight is 485 g/mol. The fourth-order valence-electron chi connectivity index (χ4n) is 2.82. The van der Waals surface area contributed by atoms with Gasteiger partial charge in [-0.15, -0.1) is 0 Å². The van der Waals surface area contributed by atoms with Gasteiger partial charge < -0.3 is 16.8 Å². The van der Waals surface area contributed by atoms with Crippen molar-refractivity contribution >= 4 is 54.9 Å². The van der Waals surface area contributed by atoms with Crippen molar-refractivity contribution in [3.63, 3.8) is 0 Å². The van der Waals surface area contributed by atoms with Crippen molar-refractivity contribution in [1.82, 2.24) is 9.88 Å². The van der Waals surface area contributed by atoms with E-state index >= 15 is 0 Å². The molecule has 10 heteroatoms. The van der Waals surface area contributed by atoms with Crippen molar-refractivity contribution in [2.24, 2.45) is 0 Å². The molecule has 0 fully saturated rings. The summed E-state index contributed by atoms with van der Waals surface area (Å²) in [6, 6.07) is 13.2. The van der Waals surface area contributed by atoms with E-state index in [2.05, 4.69) is 26.2 Å². The highest BCUT2D eigenvalue weighted by atomic mass is 79.9. The first-order chi connectivity index (χ1) is 14.3. The number of benzene rings is 2. The van der Waals surface area contributed by atoms with E-state index in [0.717, 1.165) is 26.3 Å². The number of nitrogens with one attached hydrogen (secondary N) is 1. The largest absolute Gasteiger partial charge is 0.397 e. The Morgan fingerprint density at radius 2 is 1.87 bits per heavy atom. The van der Waals surface area contributed by atoms with E-state index in [1.807, 2.05) is 43.4 Å². The van der Waals surface area contributed by atoms with Gasteiger partial charge in [-0.25, -0.2) is 4.98 Å². The van der Waals surface area contributed by atoms with E-state index < -0.39 is 11.8 Å². The van der Waals surface area contributed by atoms with Crippen LogP contribution in [0.25, 0.3) is 11.3 Å². The minimum absolute atomic E-state index is 0.178. The van der Waals surface area contributed by atoms with Gasteiger partial charge in [-0.3, -0.25) is 14.5 Å². The Labute approximate surface area is 185 Å². The van der Waals surface area contributed by atoms with Crippen LogP contribution in [-0.2, 0) is 0 Å². The molecule has 3 aromatic rings. The molecule has 0 saturated carbocycles. The first kappa shape index (κ1) is 21.3. The molecule has 1 aliphatic rings. The zero-order chi connectivity index (χ0) is 22.0. The van der Waals surface area contributed by atoms with Crippen LogP contribution in [0.2, 0.25) is 0 Å². The van der Waals surface area contributed by atoms with Gasteiger partial charge in [0.05, 0.1) is 26.9 Å². The number of halogens is 1. The lowest BCUT2D eigenvalue weighted by atomic mass is 10.0. The molecule has 0 spiro atoms. The molecule has 2 amide bonds. The van der Waals surface area contributed by atoms with E-state index in [9.17, 15) is 9.59 Å². The van der Waals surface area contributed by atoms with Crippen LogP contribution >= 0.6 is 27.3 Å². The monoisotopic (exact) mass is 484 g/mol. The first-order valence-electron chi connectivity index (χ1n) is 8.64. The summed E-state index contributed by atoms with van der Waals surface area (Å²) < 4.78 is 0.309. The van der Waals surface area contributed by atoms with Crippen molar-refractivity contribution < 1.29 is 9.59 Å². The van der Waals surface area contributed by atoms with Gasteiger partial charge in [-0.1, -0.05) is 41.7 Å². The van der Waals surface area contributed by atoms with E-state index in [0.29, 0.717) is 4.47 Å². The molecule has 1 aliphatic heterocycles. The third-order valence-corrected chi connectivity index (χ3v) is 6.12. The fraction of sp³-hybridized carbons (Fsp3) is 0.100. The lowest BCUT2D eigenvalue weighted by Crippen LogP contribution is -2.24. The molecule has 4 rings (SSSR count). The number of imide groups is 1. The number of carbonyl (C=O) groups excluding carboxylic acids is 2. The number of aromatic nitrogens is 1. The van der Waals surface area contributed by atoms with Crippen molar-refractivity contribution in [1.29, 1.82) is 5.26 Å². The van der Waals surface area contributed by atoms with Gasteiger partial charge in [0, 0.05) is 19.7 Å². The summed E-state index contributed by atoms with van der Waals surface area (Å²) >= 11 is 4.61. The molecular formula is C20H17BrN6O2S. The van der Waals surface area contributed by atoms with Crippen LogP contribution in [0.15, 0.2) is 40.9 Å². The molecule has 5 N–H and O–H groups in total. The highest BCUT2D eigenvalue weighted by Gasteiger charge is 2.36. The summed E-state index contributed by atoms with van der Waals surface area (Å²) in [4.78, 5) is 28.8. The number of carbonyl (C=O) groups is 2. The zero-order valence-corrected chi connectivity index (χ0v) is 18.5. The zero-order valence-electron chi connectivity index (χ0n) is 16.1. The number of hydrogen-bond donors (Lipinski definition) is 3. The van der Waals surface area contributed by atoms with Gasteiger partial charge in [0.1, 0.15) is 16.8 Å². The van der Waals surface area contributed by atoms with Gasteiger partial charge >= 0.3 is 0 Å².